The van der Waals surface area contributed by atoms with Crippen LogP contribution >= 0.6 is 22.7 Å². The fourth-order valence-corrected chi connectivity index (χ4v) is 10.2. The molecule has 3 aromatic heterocycles. The van der Waals surface area contributed by atoms with Crippen LogP contribution in [0.25, 0.3) is 78.6 Å². The van der Waals surface area contributed by atoms with Gasteiger partial charge in [-0.25, -0.2) is 0 Å². The predicted octanol–water partition coefficient (Wildman–Crippen LogP) is 14.1. The number of hydrogen-bond donors (Lipinski definition) is 0. The van der Waals surface area contributed by atoms with Crippen molar-refractivity contribution in [2.75, 3.05) is 4.90 Å². The minimum atomic E-state index is 1.14. The van der Waals surface area contributed by atoms with Crippen LogP contribution in [0.15, 0.2) is 170 Å². The molecule has 0 saturated carbocycles. The molecule has 0 saturated heterocycles. The molecule has 50 heavy (non-hydrogen) atoms. The van der Waals surface area contributed by atoms with Gasteiger partial charge in [0, 0.05) is 68.2 Å². The summed E-state index contributed by atoms with van der Waals surface area (Å²) in [5.41, 5.74) is 6.99. The van der Waals surface area contributed by atoms with Gasteiger partial charge in [-0.3, -0.25) is 0 Å². The lowest BCUT2D eigenvalue weighted by Crippen LogP contribution is -2.10. The van der Waals surface area contributed by atoms with E-state index in [4.69, 9.17) is 0 Å². The van der Waals surface area contributed by atoms with E-state index in [2.05, 4.69) is 179 Å². The van der Waals surface area contributed by atoms with E-state index in [1.807, 2.05) is 22.7 Å². The molecular formula is C46H28N2S2. The SMILES string of the molecule is c1ccc(-n2c3ccccc3c3c(N(c4ccc5sc6ccccc6c5c4)c4ccc5ccc6sc7ccccc7c6c5c4)cccc32)cc1. The molecule has 0 fully saturated rings. The van der Waals surface area contributed by atoms with E-state index < -0.39 is 0 Å². The Morgan fingerprint density at radius 2 is 0.980 bits per heavy atom. The summed E-state index contributed by atoms with van der Waals surface area (Å²) >= 11 is 3.74. The maximum absolute atomic E-state index is 2.49. The van der Waals surface area contributed by atoms with Crippen molar-refractivity contribution < 1.29 is 0 Å². The van der Waals surface area contributed by atoms with Crippen molar-refractivity contribution in [3.8, 4) is 5.69 Å². The second-order valence-corrected chi connectivity index (χ2v) is 15.1. The van der Waals surface area contributed by atoms with Crippen LogP contribution in [0.2, 0.25) is 0 Å². The number of anilines is 3. The van der Waals surface area contributed by atoms with E-state index in [-0.39, 0.29) is 0 Å². The number of benzene rings is 8. The Bertz CT molecular complexity index is 3110. The van der Waals surface area contributed by atoms with Gasteiger partial charge >= 0.3 is 0 Å². The average molecular weight is 673 g/mol. The fourth-order valence-electron chi connectivity index (χ4n) is 7.99. The lowest BCUT2D eigenvalue weighted by molar-refractivity contribution is 1.18. The molecule has 8 aromatic carbocycles. The second kappa shape index (κ2) is 10.8. The van der Waals surface area contributed by atoms with Crippen molar-refractivity contribution in [3.05, 3.63) is 170 Å². The van der Waals surface area contributed by atoms with Gasteiger partial charge in [0.1, 0.15) is 0 Å². The summed E-state index contributed by atoms with van der Waals surface area (Å²) in [6.07, 6.45) is 0. The van der Waals surface area contributed by atoms with Gasteiger partial charge < -0.3 is 9.47 Å². The first kappa shape index (κ1) is 28.0. The molecular weight excluding hydrogens is 645 g/mol. The Morgan fingerprint density at radius 3 is 1.84 bits per heavy atom. The Hall–Kier alpha value is -5.94. The minimum Gasteiger partial charge on any atom is -0.310 e. The first-order valence-electron chi connectivity index (χ1n) is 16.9. The van der Waals surface area contributed by atoms with Gasteiger partial charge in [0.15, 0.2) is 0 Å². The zero-order chi connectivity index (χ0) is 32.8. The van der Waals surface area contributed by atoms with Crippen LogP contribution in [0.4, 0.5) is 17.1 Å². The van der Waals surface area contributed by atoms with Crippen molar-refractivity contribution in [3.63, 3.8) is 0 Å². The van der Waals surface area contributed by atoms with Crippen LogP contribution in [-0.2, 0) is 0 Å². The number of para-hydroxylation sites is 2. The van der Waals surface area contributed by atoms with Crippen LogP contribution in [0.1, 0.15) is 0 Å². The average Bonchev–Trinajstić information content (AvgIpc) is 3.85. The molecule has 0 spiro atoms. The topological polar surface area (TPSA) is 8.17 Å². The Kier molecular flexibility index (Phi) is 6.03. The second-order valence-electron chi connectivity index (χ2n) is 12.9. The standard InChI is InChI=1S/C46H28N2S2/c1-2-11-30(12-3-1)48-38-16-7-4-14-34(38)46-39(17-10-18-40(46)48)47(32-24-26-43-37(28-32)33-13-5-8-19-41(33)49-43)31-23-21-29-22-25-44-45(36(29)27-31)35-15-6-9-20-42(35)50-44/h1-28H. The summed E-state index contributed by atoms with van der Waals surface area (Å²) in [7, 11) is 0. The summed E-state index contributed by atoms with van der Waals surface area (Å²) in [6, 6.07) is 62.5. The molecule has 0 radical (unpaired) electrons. The van der Waals surface area contributed by atoms with Crippen LogP contribution < -0.4 is 4.90 Å². The highest BCUT2D eigenvalue weighted by Crippen LogP contribution is 2.47. The molecule has 0 bridgehead atoms. The van der Waals surface area contributed by atoms with E-state index in [0.717, 1.165) is 22.7 Å². The number of nitrogens with zero attached hydrogens (tertiary/aromatic N) is 2. The molecule has 0 N–H and O–H groups in total. The number of aromatic nitrogens is 1. The molecule has 0 aliphatic carbocycles. The Labute approximate surface area is 296 Å². The Balaban J connectivity index is 1.25. The lowest BCUT2D eigenvalue weighted by Gasteiger charge is -2.27. The summed E-state index contributed by atoms with van der Waals surface area (Å²) in [6.45, 7) is 0. The zero-order valence-corrected chi connectivity index (χ0v) is 28.5. The van der Waals surface area contributed by atoms with Gasteiger partial charge in [0.05, 0.1) is 16.7 Å². The van der Waals surface area contributed by atoms with Crippen molar-refractivity contribution >= 4 is 113 Å². The lowest BCUT2D eigenvalue weighted by atomic mass is 10.0. The van der Waals surface area contributed by atoms with E-state index in [9.17, 15) is 0 Å². The number of fused-ring (bicyclic) bond motifs is 11. The fraction of sp³-hybridized carbons (Fsp3) is 0. The van der Waals surface area contributed by atoms with E-state index >= 15 is 0 Å². The molecule has 0 amide bonds. The van der Waals surface area contributed by atoms with Crippen molar-refractivity contribution in [2.45, 2.75) is 0 Å². The molecule has 0 unspecified atom stereocenters. The van der Waals surface area contributed by atoms with E-state index in [1.54, 1.807) is 0 Å². The van der Waals surface area contributed by atoms with Gasteiger partial charge in [-0.05, 0) is 89.6 Å². The maximum Gasteiger partial charge on any atom is 0.0562 e. The highest BCUT2D eigenvalue weighted by molar-refractivity contribution is 7.26. The normalized spacial score (nSPS) is 12.0. The summed E-state index contributed by atoms with van der Waals surface area (Å²) in [4.78, 5) is 2.49. The third kappa shape index (κ3) is 4.07. The largest absolute Gasteiger partial charge is 0.310 e. The Morgan fingerprint density at radius 1 is 0.380 bits per heavy atom. The van der Waals surface area contributed by atoms with Gasteiger partial charge in [-0.15, -0.1) is 22.7 Å². The van der Waals surface area contributed by atoms with Crippen molar-refractivity contribution in [2.24, 2.45) is 0 Å². The monoisotopic (exact) mass is 672 g/mol. The molecule has 0 aliphatic heterocycles. The molecule has 3 heterocycles. The van der Waals surface area contributed by atoms with Crippen LogP contribution in [0.3, 0.4) is 0 Å². The highest BCUT2D eigenvalue weighted by atomic mass is 32.1. The molecule has 4 heteroatoms. The molecule has 11 aromatic rings. The van der Waals surface area contributed by atoms with Gasteiger partial charge in [-0.1, -0.05) is 91.0 Å². The van der Waals surface area contributed by atoms with Crippen LogP contribution in [0, 0.1) is 0 Å². The summed E-state index contributed by atoms with van der Waals surface area (Å²) in [5.74, 6) is 0. The van der Waals surface area contributed by atoms with Gasteiger partial charge in [0.2, 0.25) is 0 Å². The molecule has 2 nitrogen and oxygen atoms in total. The van der Waals surface area contributed by atoms with Crippen LogP contribution in [-0.4, -0.2) is 4.57 Å². The smallest absolute Gasteiger partial charge is 0.0562 e. The van der Waals surface area contributed by atoms with E-state index in [1.165, 1.54) is 72.9 Å². The first-order valence-corrected chi connectivity index (χ1v) is 18.6. The minimum absolute atomic E-state index is 1.14. The number of hydrogen-bond acceptors (Lipinski definition) is 3. The summed E-state index contributed by atoms with van der Waals surface area (Å²) < 4.78 is 7.67. The highest BCUT2D eigenvalue weighted by Gasteiger charge is 2.22. The first-order chi connectivity index (χ1) is 24.8. The summed E-state index contributed by atoms with van der Waals surface area (Å²) in [5, 5.41) is 10.3. The van der Waals surface area contributed by atoms with E-state index in [0.29, 0.717) is 0 Å². The number of thiophene rings is 2. The van der Waals surface area contributed by atoms with Crippen molar-refractivity contribution in [1.82, 2.24) is 4.57 Å². The van der Waals surface area contributed by atoms with Gasteiger partial charge in [-0.2, -0.15) is 0 Å². The molecule has 234 valence electrons. The molecule has 0 aliphatic rings. The van der Waals surface area contributed by atoms with Crippen LogP contribution in [0.5, 0.6) is 0 Å². The molecule has 11 rings (SSSR count). The van der Waals surface area contributed by atoms with Crippen molar-refractivity contribution in [1.29, 1.82) is 0 Å². The third-order valence-corrected chi connectivity index (χ3v) is 12.4. The predicted molar refractivity (Wildman–Crippen MR) is 219 cm³/mol. The maximum atomic E-state index is 2.49. The quantitative estimate of drug-likeness (QED) is 0.181. The third-order valence-electron chi connectivity index (χ3n) is 10.2. The zero-order valence-electron chi connectivity index (χ0n) is 26.9. The number of rotatable bonds is 4. The molecule has 0 atom stereocenters. The van der Waals surface area contributed by atoms with Gasteiger partial charge in [0.25, 0.3) is 0 Å².